The van der Waals surface area contributed by atoms with Crippen molar-refractivity contribution in [2.24, 2.45) is 5.10 Å². The van der Waals surface area contributed by atoms with Crippen LogP contribution in [0.3, 0.4) is 0 Å². The summed E-state index contributed by atoms with van der Waals surface area (Å²) in [7, 11) is 3.52. The lowest BCUT2D eigenvalue weighted by atomic mass is 10.2. The van der Waals surface area contributed by atoms with Crippen molar-refractivity contribution in [1.82, 2.24) is 15.0 Å². The first-order valence-corrected chi connectivity index (χ1v) is 8.88. The minimum atomic E-state index is -0.574. The first-order chi connectivity index (χ1) is 14.3. The van der Waals surface area contributed by atoms with E-state index in [9.17, 15) is 14.5 Å². The lowest BCUT2D eigenvalue weighted by molar-refractivity contribution is -0.384. The van der Waals surface area contributed by atoms with Crippen LogP contribution in [0.4, 0.5) is 33.6 Å². The van der Waals surface area contributed by atoms with Crippen LogP contribution in [0.15, 0.2) is 47.6 Å². The van der Waals surface area contributed by atoms with Gasteiger partial charge in [0.25, 0.3) is 5.69 Å². The first kappa shape index (κ1) is 23.7. The van der Waals surface area contributed by atoms with E-state index in [1.165, 1.54) is 30.5 Å². The van der Waals surface area contributed by atoms with E-state index in [2.05, 4.69) is 30.8 Å². The topological polar surface area (TPSA) is 121 Å². The molecule has 1 aromatic heterocycles. The number of nitro groups is 1. The van der Waals surface area contributed by atoms with E-state index in [4.69, 9.17) is 11.6 Å². The van der Waals surface area contributed by atoms with E-state index in [1.54, 1.807) is 37.2 Å². The summed E-state index contributed by atoms with van der Waals surface area (Å²) in [4.78, 5) is 24.8. The predicted molar refractivity (Wildman–Crippen MR) is 120 cm³/mol. The Morgan fingerprint density at radius 1 is 1.13 bits per heavy atom. The van der Waals surface area contributed by atoms with Gasteiger partial charge in [-0.2, -0.15) is 20.1 Å². The van der Waals surface area contributed by atoms with Crippen LogP contribution in [0, 0.1) is 15.9 Å². The van der Waals surface area contributed by atoms with Gasteiger partial charge in [-0.25, -0.2) is 9.82 Å². The zero-order valence-electron chi connectivity index (χ0n) is 16.3. The van der Waals surface area contributed by atoms with Crippen molar-refractivity contribution in [3.8, 4) is 0 Å². The Morgan fingerprint density at radius 2 is 1.81 bits per heavy atom. The highest BCUT2D eigenvalue weighted by atomic mass is 35.5. The molecular formula is C18H17Cl2FN8O2. The molecule has 13 heteroatoms. The molecule has 2 aromatic carbocycles. The minimum absolute atomic E-state index is 0. The molecule has 31 heavy (non-hydrogen) atoms. The number of rotatable bonds is 7. The Labute approximate surface area is 187 Å². The second kappa shape index (κ2) is 10.5. The van der Waals surface area contributed by atoms with Gasteiger partial charge in [0.05, 0.1) is 11.1 Å². The Morgan fingerprint density at radius 3 is 2.45 bits per heavy atom. The largest absolute Gasteiger partial charge is 0.347 e. The Bertz CT molecular complexity index is 1100. The molecule has 162 valence electrons. The molecule has 0 bridgehead atoms. The number of anilines is 4. The van der Waals surface area contributed by atoms with Crippen molar-refractivity contribution in [2.75, 3.05) is 29.7 Å². The SMILES string of the molecule is CN(C)c1nc(NN=Cc2ccc(Cl)c([N+](=O)[O-])c2)nc(Nc2ccc(F)cc2)n1.Cl. The summed E-state index contributed by atoms with van der Waals surface area (Å²) in [6.45, 7) is 0. The van der Waals surface area contributed by atoms with Crippen LogP contribution in [0.5, 0.6) is 0 Å². The molecule has 3 rings (SSSR count). The fraction of sp³-hybridized carbons (Fsp3) is 0.111. The number of hydrogen-bond acceptors (Lipinski definition) is 9. The monoisotopic (exact) mass is 466 g/mol. The highest BCUT2D eigenvalue weighted by molar-refractivity contribution is 6.32. The summed E-state index contributed by atoms with van der Waals surface area (Å²) in [5.41, 5.74) is 3.50. The molecule has 1 heterocycles. The van der Waals surface area contributed by atoms with Gasteiger partial charge in [0.15, 0.2) is 0 Å². The average Bonchev–Trinajstić information content (AvgIpc) is 2.70. The minimum Gasteiger partial charge on any atom is -0.347 e. The highest BCUT2D eigenvalue weighted by Gasteiger charge is 2.12. The third kappa shape index (κ3) is 6.46. The number of benzene rings is 2. The lowest BCUT2D eigenvalue weighted by Crippen LogP contribution is -2.15. The zero-order valence-corrected chi connectivity index (χ0v) is 17.9. The summed E-state index contributed by atoms with van der Waals surface area (Å²) in [6.07, 6.45) is 1.37. The van der Waals surface area contributed by atoms with E-state index in [0.717, 1.165) is 0 Å². The van der Waals surface area contributed by atoms with E-state index >= 15 is 0 Å². The molecule has 0 atom stereocenters. The number of hydrogen-bond donors (Lipinski definition) is 2. The van der Waals surface area contributed by atoms with Crippen LogP contribution in [-0.4, -0.2) is 40.2 Å². The van der Waals surface area contributed by atoms with Crippen LogP contribution in [0.25, 0.3) is 0 Å². The maximum Gasteiger partial charge on any atom is 0.288 e. The van der Waals surface area contributed by atoms with Crippen LogP contribution in [-0.2, 0) is 0 Å². The molecule has 10 nitrogen and oxygen atoms in total. The normalized spacial score (nSPS) is 10.5. The summed E-state index contributed by atoms with van der Waals surface area (Å²) in [5.74, 6) is 0.358. The van der Waals surface area contributed by atoms with E-state index < -0.39 is 4.92 Å². The molecule has 0 saturated heterocycles. The van der Waals surface area contributed by atoms with Gasteiger partial charge < -0.3 is 10.2 Å². The summed E-state index contributed by atoms with van der Waals surface area (Å²) < 4.78 is 13.1. The first-order valence-electron chi connectivity index (χ1n) is 8.51. The second-order valence-electron chi connectivity index (χ2n) is 6.15. The Kier molecular flexibility index (Phi) is 8.00. The molecule has 0 aliphatic carbocycles. The fourth-order valence-corrected chi connectivity index (χ4v) is 2.43. The van der Waals surface area contributed by atoms with Crippen molar-refractivity contribution in [3.05, 3.63) is 69.0 Å². The molecule has 3 aromatic rings. The molecule has 0 aliphatic rings. The summed E-state index contributed by atoms with van der Waals surface area (Å²) in [6, 6.07) is 10.0. The summed E-state index contributed by atoms with van der Waals surface area (Å²) in [5, 5.41) is 18.0. The third-order valence-electron chi connectivity index (χ3n) is 3.67. The maximum absolute atomic E-state index is 13.1. The van der Waals surface area contributed by atoms with Crippen molar-refractivity contribution in [1.29, 1.82) is 0 Å². The average molecular weight is 467 g/mol. The third-order valence-corrected chi connectivity index (χ3v) is 3.99. The van der Waals surface area contributed by atoms with Crippen molar-refractivity contribution < 1.29 is 9.31 Å². The van der Waals surface area contributed by atoms with Gasteiger partial charge in [-0.15, -0.1) is 12.4 Å². The van der Waals surface area contributed by atoms with Crippen LogP contribution >= 0.6 is 24.0 Å². The van der Waals surface area contributed by atoms with Crippen LogP contribution in [0.2, 0.25) is 5.02 Å². The molecule has 0 saturated carbocycles. The number of nitrogens with zero attached hydrogens (tertiary/aromatic N) is 6. The van der Waals surface area contributed by atoms with Gasteiger partial charge >= 0.3 is 0 Å². The smallest absolute Gasteiger partial charge is 0.288 e. The predicted octanol–water partition coefficient (Wildman–Crippen LogP) is 4.25. The second-order valence-corrected chi connectivity index (χ2v) is 6.55. The fourth-order valence-electron chi connectivity index (χ4n) is 2.25. The highest BCUT2D eigenvalue weighted by Crippen LogP contribution is 2.24. The number of aromatic nitrogens is 3. The molecule has 0 spiro atoms. The van der Waals surface area contributed by atoms with E-state index in [0.29, 0.717) is 17.2 Å². The van der Waals surface area contributed by atoms with Gasteiger partial charge in [0.2, 0.25) is 17.8 Å². The molecule has 0 aliphatic heterocycles. The van der Waals surface area contributed by atoms with Crippen LogP contribution in [0.1, 0.15) is 5.56 Å². The van der Waals surface area contributed by atoms with Crippen molar-refractivity contribution in [2.45, 2.75) is 0 Å². The Hall–Kier alpha value is -3.57. The van der Waals surface area contributed by atoms with Crippen molar-refractivity contribution in [3.63, 3.8) is 0 Å². The number of hydrazone groups is 1. The number of halogens is 3. The van der Waals surface area contributed by atoms with Gasteiger partial charge in [-0.05, 0) is 30.3 Å². The van der Waals surface area contributed by atoms with E-state index in [-0.39, 0.29) is 40.8 Å². The summed E-state index contributed by atoms with van der Waals surface area (Å²) >= 11 is 5.80. The number of nitro benzene ring substituents is 1. The lowest BCUT2D eigenvalue weighted by Gasteiger charge is -2.13. The quantitative estimate of drug-likeness (QED) is 0.301. The molecule has 0 radical (unpaired) electrons. The molecule has 0 amide bonds. The maximum atomic E-state index is 13.1. The van der Waals surface area contributed by atoms with Gasteiger partial charge in [-0.1, -0.05) is 17.7 Å². The van der Waals surface area contributed by atoms with Gasteiger partial charge in [0, 0.05) is 31.4 Å². The molecule has 0 fully saturated rings. The standard InChI is InChI=1S/C18H16ClFN8O2.ClH/c1-27(2)18-24-16(22-13-6-4-12(20)5-7-13)23-17(25-18)26-21-10-11-3-8-14(19)15(9-11)28(29)30;/h3-10H,1-2H3,(H2,22,23,24,25,26);1H. The van der Waals surface area contributed by atoms with Crippen LogP contribution < -0.4 is 15.6 Å². The zero-order chi connectivity index (χ0) is 21.7. The van der Waals surface area contributed by atoms with Gasteiger partial charge in [-0.3, -0.25) is 10.1 Å². The van der Waals surface area contributed by atoms with Gasteiger partial charge in [0.1, 0.15) is 10.8 Å². The number of nitrogens with one attached hydrogen (secondary N) is 2. The van der Waals surface area contributed by atoms with E-state index in [1.807, 2.05) is 0 Å². The van der Waals surface area contributed by atoms with Crippen molar-refractivity contribution >= 4 is 59.4 Å². The molecule has 2 N–H and O–H groups in total. The molecule has 0 unspecified atom stereocenters. The Balaban J connectivity index is 0.00000341. The molecular weight excluding hydrogens is 450 g/mol.